The van der Waals surface area contributed by atoms with Crippen LogP contribution in [0.15, 0.2) is 42.5 Å². The average Bonchev–Trinajstić information content (AvgIpc) is 2.55. The van der Waals surface area contributed by atoms with E-state index in [1.807, 2.05) is 18.2 Å². The summed E-state index contributed by atoms with van der Waals surface area (Å²) < 4.78 is 13.5. The molecule has 1 aliphatic heterocycles. The van der Waals surface area contributed by atoms with Gasteiger partial charge in [-0.15, -0.1) is 0 Å². The van der Waals surface area contributed by atoms with Crippen molar-refractivity contribution in [1.29, 1.82) is 0 Å². The summed E-state index contributed by atoms with van der Waals surface area (Å²) in [5, 5.41) is 3.97. The number of aryl methyl sites for hydroxylation is 2. The van der Waals surface area contributed by atoms with Gasteiger partial charge in [-0.3, -0.25) is 0 Å². The third-order valence-electron chi connectivity index (χ3n) is 4.41. The van der Waals surface area contributed by atoms with E-state index in [1.165, 1.54) is 11.6 Å². The molecule has 3 rings (SSSR count). The second-order valence-electron chi connectivity index (χ2n) is 6.01. The number of anilines is 2. The Hall–Kier alpha value is -1.94. The molecule has 2 nitrogen and oxygen atoms in total. The van der Waals surface area contributed by atoms with Gasteiger partial charge in [0.15, 0.2) is 5.11 Å². The quantitative estimate of drug-likeness (QED) is 0.787. The highest BCUT2D eigenvalue weighted by Gasteiger charge is 2.26. The van der Waals surface area contributed by atoms with Crippen LogP contribution in [0.25, 0.3) is 0 Å². The summed E-state index contributed by atoms with van der Waals surface area (Å²) in [7, 11) is 0. The molecule has 2 aromatic carbocycles. The Morgan fingerprint density at radius 1 is 1.26 bits per heavy atom. The minimum atomic E-state index is -0.188. The largest absolute Gasteiger partial charge is 0.332 e. The molecule has 23 heavy (non-hydrogen) atoms. The number of fused-ring (bicyclic) bond motifs is 1. The number of hydrogen-bond acceptors (Lipinski definition) is 1. The summed E-state index contributed by atoms with van der Waals surface area (Å²) in [5.74, 6) is -0.188. The Labute approximate surface area is 142 Å². The van der Waals surface area contributed by atoms with Crippen LogP contribution in [0.2, 0.25) is 0 Å². The minimum Gasteiger partial charge on any atom is -0.332 e. The Morgan fingerprint density at radius 3 is 2.70 bits per heavy atom. The fourth-order valence-corrected chi connectivity index (χ4v) is 3.43. The molecule has 0 radical (unpaired) electrons. The van der Waals surface area contributed by atoms with Crippen molar-refractivity contribution in [2.24, 2.45) is 0 Å². The first-order valence-corrected chi connectivity index (χ1v) is 8.47. The van der Waals surface area contributed by atoms with Crippen LogP contribution in [0.3, 0.4) is 0 Å². The lowest BCUT2D eigenvalue weighted by molar-refractivity contribution is 0.604. The zero-order chi connectivity index (χ0) is 16.4. The van der Waals surface area contributed by atoms with E-state index in [4.69, 9.17) is 12.2 Å². The monoisotopic (exact) mass is 328 g/mol. The number of rotatable bonds is 2. The lowest BCUT2D eigenvalue weighted by Gasteiger charge is -2.37. The molecule has 0 aromatic heterocycles. The molecular weight excluding hydrogens is 307 g/mol. The van der Waals surface area contributed by atoms with Gasteiger partial charge in [-0.2, -0.15) is 0 Å². The maximum absolute atomic E-state index is 13.5. The van der Waals surface area contributed by atoms with E-state index in [0.29, 0.717) is 11.2 Å². The van der Waals surface area contributed by atoms with Gasteiger partial charge in [0.1, 0.15) is 5.82 Å². The summed E-state index contributed by atoms with van der Waals surface area (Å²) in [6.07, 6.45) is 2.87. The number of halogens is 1. The van der Waals surface area contributed by atoms with Crippen molar-refractivity contribution in [2.45, 2.75) is 39.2 Å². The van der Waals surface area contributed by atoms with Crippen LogP contribution in [-0.4, -0.2) is 11.2 Å². The van der Waals surface area contributed by atoms with Crippen LogP contribution in [0.4, 0.5) is 15.8 Å². The lowest BCUT2D eigenvalue weighted by atomic mass is 9.97. The summed E-state index contributed by atoms with van der Waals surface area (Å²) in [4.78, 5) is 2.10. The molecule has 0 saturated carbocycles. The van der Waals surface area contributed by atoms with Crippen LogP contribution in [0.1, 0.15) is 31.4 Å². The van der Waals surface area contributed by atoms with Crippen molar-refractivity contribution in [3.63, 3.8) is 0 Å². The molecule has 0 fully saturated rings. The predicted molar refractivity (Wildman–Crippen MR) is 98.7 cm³/mol. The molecule has 0 bridgehead atoms. The highest BCUT2D eigenvalue weighted by atomic mass is 32.1. The molecule has 0 aliphatic carbocycles. The first-order chi connectivity index (χ1) is 11.1. The molecule has 1 N–H and O–H groups in total. The summed E-state index contributed by atoms with van der Waals surface area (Å²) >= 11 is 5.62. The van der Waals surface area contributed by atoms with E-state index in [2.05, 4.69) is 36.2 Å². The standard InChI is InChI=1S/C19H21FN2S/c1-3-14-5-9-17(10-6-14)21-19(23)22-13(2)4-7-15-12-16(20)8-11-18(15)22/h5-6,8-13H,3-4,7H2,1-2H3,(H,21,23)/t13-/m1/s1. The summed E-state index contributed by atoms with van der Waals surface area (Å²) in [6, 6.07) is 13.5. The molecule has 0 saturated heterocycles. The van der Waals surface area contributed by atoms with Crippen molar-refractivity contribution in [2.75, 3.05) is 10.2 Å². The molecule has 1 aliphatic rings. The molecule has 120 valence electrons. The second kappa shape index (κ2) is 6.67. The first-order valence-electron chi connectivity index (χ1n) is 8.06. The van der Waals surface area contributed by atoms with E-state index in [9.17, 15) is 4.39 Å². The van der Waals surface area contributed by atoms with Crippen molar-refractivity contribution in [3.8, 4) is 0 Å². The van der Waals surface area contributed by atoms with Crippen LogP contribution in [0.5, 0.6) is 0 Å². The van der Waals surface area contributed by atoms with Crippen molar-refractivity contribution in [1.82, 2.24) is 0 Å². The van der Waals surface area contributed by atoms with Crippen molar-refractivity contribution >= 4 is 28.7 Å². The average molecular weight is 328 g/mol. The molecule has 4 heteroatoms. The van der Waals surface area contributed by atoms with Gasteiger partial charge in [-0.25, -0.2) is 4.39 Å². The minimum absolute atomic E-state index is 0.188. The third kappa shape index (κ3) is 3.37. The Balaban J connectivity index is 1.83. The van der Waals surface area contributed by atoms with E-state index in [1.54, 1.807) is 6.07 Å². The molecule has 0 unspecified atom stereocenters. The topological polar surface area (TPSA) is 15.3 Å². The fourth-order valence-electron chi connectivity index (χ4n) is 3.04. The van der Waals surface area contributed by atoms with Gasteiger partial charge in [-0.1, -0.05) is 19.1 Å². The van der Waals surface area contributed by atoms with Gasteiger partial charge in [0.25, 0.3) is 0 Å². The molecule has 1 atom stereocenters. The second-order valence-corrected chi connectivity index (χ2v) is 6.40. The molecule has 2 aromatic rings. The van der Waals surface area contributed by atoms with E-state index in [-0.39, 0.29) is 5.82 Å². The number of nitrogens with one attached hydrogen (secondary N) is 1. The molecule has 0 spiro atoms. The van der Waals surface area contributed by atoms with Crippen LogP contribution < -0.4 is 10.2 Å². The van der Waals surface area contributed by atoms with E-state index < -0.39 is 0 Å². The summed E-state index contributed by atoms with van der Waals surface area (Å²) in [5.41, 5.74) is 4.31. The predicted octanol–water partition coefficient (Wildman–Crippen LogP) is 4.93. The van der Waals surface area contributed by atoms with Gasteiger partial charge < -0.3 is 10.2 Å². The van der Waals surface area contributed by atoms with Gasteiger partial charge in [0, 0.05) is 17.4 Å². The van der Waals surface area contributed by atoms with Crippen LogP contribution in [-0.2, 0) is 12.8 Å². The van der Waals surface area contributed by atoms with E-state index >= 15 is 0 Å². The highest BCUT2D eigenvalue weighted by Crippen LogP contribution is 2.32. The van der Waals surface area contributed by atoms with Crippen LogP contribution in [0, 0.1) is 5.82 Å². The lowest BCUT2D eigenvalue weighted by Crippen LogP contribution is -2.44. The maximum atomic E-state index is 13.5. The highest BCUT2D eigenvalue weighted by molar-refractivity contribution is 7.80. The number of nitrogens with zero attached hydrogens (tertiary/aromatic N) is 1. The number of thiocarbonyl (C=S) groups is 1. The van der Waals surface area contributed by atoms with Gasteiger partial charge in [0.05, 0.1) is 0 Å². The molecule has 1 heterocycles. The number of benzene rings is 2. The Bertz CT molecular complexity index is 712. The van der Waals surface area contributed by atoms with Crippen LogP contribution >= 0.6 is 12.2 Å². The van der Waals surface area contributed by atoms with Gasteiger partial charge in [0.2, 0.25) is 0 Å². The third-order valence-corrected chi connectivity index (χ3v) is 4.70. The Morgan fingerprint density at radius 2 is 2.00 bits per heavy atom. The van der Waals surface area contributed by atoms with Gasteiger partial charge in [-0.05, 0) is 79.9 Å². The van der Waals surface area contributed by atoms with Crippen molar-refractivity contribution in [3.05, 3.63) is 59.4 Å². The van der Waals surface area contributed by atoms with E-state index in [0.717, 1.165) is 36.2 Å². The zero-order valence-corrected chi connectivity index (χ0v) is 14.3. The molecule has 0 amide bonds. The smallest absolute Gasteiger partial charge is 0.178 e. The molecular formula is C19H21FN2S. The van der Waals surface area contributed by atoms with Gasteiger partial charge >= 0.3 is 0 Å². The SMILES string of the molecule is CCc1ccc(NC(=S)N2c3ccc(F)cc3CC[C@H]2C)cc1. The fraction of sp³-hybridized carbons (Fsp3) is 0.316. The van der Waals surface area contributed by atoms with Crippen molar-refractivity contribution < 1.29 is 4.39 Å². The Kier molecular flexibility index (Phi) is 4.62. The normalized spacial score (nSPS) is 16.8. The number of hydrogen-bond donors (Lipinski definition) is 1. The maximum Gasteiger partial charge on any atom is 0.178 e. The zero-order valence-electron chi connectivity index (χ0n) is 13.5. The first kappa shape index (κ1) is 15.9. The summed E-state index contributed by atoms with van der Waals surface area (Å²) in [6.45, 7) is 4.29.